The predicted molar refractivity (Wildman–Crippen MR) is 118 cm³/mol. The molecule has 0 heterocycles. The molecule has 0 spiro atoms. The molecule has 1 atom stereocenters. The Morgan fingerprint density at radius 3 is 2.23 bits per heavy atom. The molecule has 0 bridgehead atoms. The molecule has 0 saturated heterocycles. The highest BCUT2D eigenvalue weighted by Gasteiger charge is 2.25. The van der Waals surface area contributed by atoms with E-state index in [1.165, 1.54) is 18.2 Å². The molecule has 31 heavy (non-hydrogen) atoms. The van der Waals surface area contributed by atoms with Crippen molar-refractivity contribution < 1.29 is 19.6 Å². The molecule has 2 amide bonds. The van der Waals surface area contributed by atoms with Gasteiger partial charge >= 0.3 is 0 Å². The van der Waals surface area contributed by atoms with Crippen molar-refractivity contribution in [1.82, 2.24) is 10.6 Å². The number of phenols is 1. The molecule has 0 fully saturated rings. The molecule has 0 saturated carbocycles. The van der Waals surface area contributed by atoms with Gasteiger partial charge in [0.1, 0.15) is 11.8 Å². The summed E-state index contributed by atoms with van der Waals surface area (Å²) >= 11 is 0. The van der Waals surface area contributed by atoms with E-state index >= 15 is 0 Å². The average Bonchev–Trinajstić information content (AvgIpc) is 2.70. The molecule has 0 aliphatic rings. The number of nitro benzene ring substituents is 1. The van der Waals surface area contributed by atoms with Crippen molar-refractivity contribution in [3.63, 3.8) is 0 Å². The third-order valence-corrected chi connectivity index (χ3v) is 4.98. The molecular formula is C23H29N3O5. The van der Waals surface area contributed by atoms with Crippen molar-refractivity contribution in [3.05, 3.63) is 69.3 Å². The van der Waals surface area contributed by atoms with Gasteiger partial charge in [0.05, 0.1) is 4.92 Å². The van der Waals surface area contributed by atoms with Crippen LogP contribution in [0.25, 0.3) is 0 Å². The first-order chi connectivity index (χ1) is 14.4. The number of rotatable bonds is 7. The smallest absolute Gasteiger partial charge is 0.270 e. The number of aromatic hydroxyl groups is 1. The van der Waals surface area contributed by atoms with Crippen LogP contribution in [-0.2, 0) is 16.8 Å². The molecule has 166 valence electrons. The molecule has 8 nitrogen and oxygen atoms in total. The number of carbonyl (C=O) groups excluding carboxylic acids is 2. The number of nitrogens with one attached hydrogen (secondary N) is 2. The van der Waals surface area contributed by atoms with Crippen LogP contribution in [-0.4, -0.2) is 27.9 Å². The lowest BCUT2D eigenvalue weighted by Gasteiger charge is -2.22. The third kappa shape index (κ3) is 6.28. The largest absolute Gasteiger partial charge is 0.508 e. The Morgan fingerprint density at radius 2 is 1.71 bits per heavy atom. The summed E-state index contributed by atoms with van der Waals surface area (Å²) in [5, 5.41) is 26.2. The Hall–Kier alpha value is -3.42. The standard InChI is InChI=1S/C23H29N3O5/c1-14(2)20(25-21(28)15-6-8-17(9-7-15)23(3,4)5)22(29)24-13-16-12-18(26(30)31)10-11-19(16)27/h6-12,14,20,27H,13H2,1-5H3,(H,24,29)(H,25,28)/t20-/m0/s1. The molecule has 2 aromatic carbocycles. The average molecular weight is 428 g/mol. The summed E-state index contributed by atoms with van der Waals surface area (Å²) in [5.74, 6) is -1.17. The fourth-order valence-corrected chi connectivity index (χ4v) is 3.00. The number of nitro groups is 1. The summed E-state index contributed by atoms with van der Waals surface area (Å²) in [6.45, 7) is 9.75. The van der Waals surface area contributed by atoms with E-state index in [9.17, 15) is 24.8 Å². The maximum absolute atomic E-state index is 12.7. The number of hydrogen-bond acceptors (Lipinski definition) is 5. The van der Waals surface area contributed by atoms with E-state index in [4.69, 9.17) is 0 Å². The molecule has 2 aromatic rings. The Kier molecular flexibility index (Phi) is 7.38. The Morgan fingerprint density at radius 1 is 1.10 bits per heavy atom. The minimum absolute atomic E-state index is 0.0343. The van der Waals surface area contributed by atoms with Crippen molar-refractivity contribution in [2.75, 3.05) is 0 Å². The number of hydrogen-bond donors (Lipinski definition) is 3. The van der Waals surface area contributed by atoms with Crippen molar-refractivity contribution in [3.8, 4) is 5.75 Å². The van der Waals surface area contributed by atoms with Gasteiger partial charge in [0, 0.05) is 29.8 Å². The molecule has 3 N–H and O–H groups in total. The van der Waals surface area contributed by atoms with Crippen LogP contribution >= 0.6 is 0 Å². The second-order valence-corrected chi connectivity index (χ2v) is 8.81. The zero-order chi connectivity index (χ0) is 23.3. The van der Waals surface area contributed by atoms with Crippen LogP contribution in [0.4, 0.5) is 5.69 Å². The maximum atomic E-state index is 12.7. The van der Waals surface area contributed by atoms with Gasteiger partial charge < -0.3 is 15.7 Å². The lowest BCUT2D eigenvalue weighted by Crippen LogP contribution is -2.49. The van der Waals surface area contributed by atoms with Crippen molar-refractivity contribution in [2.45, 2.75) is 52.6 Å². The number of phenolic OH excluding ortho intramolecular Hbond substituents is 1. The third-order valence-electron chi connectivity index (χ3n) is 4.98. The molecule has 0 aromatic heterocycles. The van der Waals surface area contributed by atoms with Gasteiger partial charge in [-0.1, -0.05) is 46.8 Å². The fourth-order valence-electron chi connectivity index (χ4n) is 3.00. The highest BCUT2D eigenvalue weighted by molar-refractivity contribution is 5.97. The zero-order valence-corrected chi connectivity index (χ0v) is 18.4. The van der Waals surface area contributed by atoms with Gasteiger partial charge in [0.15, 0.2) is 0 Å². The highest BCUT2D eigenvalue weighted by Crippen LogP contribution is 2.23. The van der Waals surface area contributed by atoms with Gasteiger partial charge in [-0.3, -0.25) is 19.7 Å². The molecule has 0 aliphatic heterocycles. The van der Waals surface area contributed by atoms with E-state index < -0.39 is 16.9 Å². The van der Waals surface area contributed by atoms with E-state index in [2.05, 4.69) is 31.4 Å². The minimum Gasteiger partial charge on any atom is -0.508 e. The maximum Gasteiger partial charge on any atom is 0.270 e. The topological polar surface area (TPSA) is 122 Å². The monoisotopic (exact) mass is 427 g/mol. The number of nitrogens with zero attached hydrogens (tertiary/aromatic N) is 1. The summed E-state index contributed by atoms with van der Waals surface area (Å²) < 4.78 is 0. The lowest BCUT2D eigenvalue weighted by atomic mass is 9.86. The van der Waals surface area contributed by atoms with Crippen LogP contribution in [0.1, 0.15) is 56.1 Å². The summed E-state index contributed by atoms with van der Waals surface area (Å²) in [6, 6.07) is 10.0. The van der Waals surface area contributed by atoms with Crippen LogP contribution in [0, 0.1) is 16.0 Å². The van der Waals surface area contributed by atoms with Crippen molar-refractivity contribution in [1.29, 1.82) is 0 Å². The van der Waals surface area contributed by atoms with Gasteiger partial charge in [-0.2, -0.15) is 0 Å². The summed E-state index contributed by atoms with van der Waals surface area (Å²) in [4.78, 5) is 35.7. The zero-order valence-electron chi connectivity index (χ0n) is 18.4. The second-order valence-electron chi connectivity index (χ2n) is 8.81. The van der Waals surface area contributed by atoms with E-state index in [0.717, 1.165) is 5.56 Å². The van der Waals surface area contributed by atoms with E-state index in [0.29, 0.717) is 5.56 Å². The quantitative estimate of drug-likeness (QED) is 0.460. The van der Waals surface area contributed by atoms with Gasteiger partial charge in [0.2, 0.25) is 5.91 Å². The number of benzene rings is 2. The molecule has 2 rings (SSSR count). The Balaban J connectivity index is 2.08. The van der Waals surface area contributed by atoms with E-state index in [-0.39, 0.29) is 40.8 Å². The Bertz CT molecular complexity index is 962. The normalized spacial score (nSPS) is 12.3. The van der Waals surface area contributed by atoms with E-state index in [1.54, 1.807) is 26.0 Å². The first-order valence-corrected chi connectivity index (χ1v) is 10.1. The summed E-state index contributed by atoms with van der Waals surface area (Å²) in [7, 11) is 0. The highest BCUT2D eigenvalue weighted by atomic mass is 16.6. The molecule has 0 radical (unpaired) electrons. The van der Waals surface area contributed by atoms with Gasteiger partial charge in [-0.15, -0.1) is 0 Å². The van der Waals surface area contributed by atoms with Gasteiger partial charge in [-0.25, -0.2) is 0 Å². The molecule has 0 unspecified atom stereocenters. The van der Waals surface area contributed by atoms with Crippen LogP contribution in [0.2, 0.25) is 0 Å². The van der Waals surface area contributed by atoms with Crippen LogP contribution in [0.15, 0.2) is 42.5 Å². The van der Waals surface area contributed by atoms with E-state index in [1.807, 2.05) is 12.1 Å². The summed E-state index contributed by atoms with van der Waals surface area (Å²) in [5.41, 5.74) is 1.54. The van der Waals surface area contributed by atoms with Crippen LogP contribution in [0.5, 0.6) is 5.75 Å². The van der Waals surface area contributed by atoms with Gasteiger partial charge in [-0.05, 0) is 35.1 Å². The molecule has 0 aliphatic carbocycles. The van der Waals surface area contributed by atoms with Gasteiger partial charge in [0.25, 0.3) is 11.6 Å². The predicted octanol–water partition coefficient (Wildman–Crippen LogP) is 3.67. The number of amides is 2. The lowest BCUT2D eigenvalue weighted by molar-refractivity contribution is -0.384. The first-order valence-electron chi connectivity index (χ1n) is 10.1. The fraction of sp³-hybridized carbons (Fsp3) is 0.391. The van der Waals surface area contributed by atoms with Crippen molar-refractivity contribution in [2.24, 2.45) is 5.92 Å². The first kappa shape index (κ1) is 23.9. The van der Waals surface area contributed by atoms with Crippen LogP contribution in [0.3, 0.4) is 0 Å². The van der Waals surface area contributed by atoms with Crippen molar-refractivity contribution >= 4 is 17.5 Å². The molecule has 8 heteroatoms. The molecular weight excluding hydrogens is 398 g/mol. The number of carbonyl (C=O) groups is 2. The Labute approximate surface area is 181 Å². The SMILES string of the molecule is CC(C)[C@H](NC(=O)c1ccc(C(C)(C)C)cc1)C(=O)NCc1cc([N+](=O)[O-])ccc1O. The van der Waals surface area contributed by atoms with Crippen LogP contribution < -0.4 is 10.6 Å². The minimum atomic E-state index is -0.810. The number of non-ortho nitro benzene ring substituents is 1. The second kappa shape index (κ2) is 9.59. The summed E-state index contributed by atoms with van der Waals surface area (Å²) in [6.07, 6.45) is 0.